The number of aromatic nitrogens is 2. The van der Waals surface area contributed by atoms with E-state index in [1.54, 1.807) is 12.4 Å². The molecule has 0 radical (unpaired) electrons. The van der Waals surface area contributed by atoms with Crippen molar-refractivity contribution in [2.24, 2.45) is 5.41 Å². The van der Waals surface area contributed by atoms with Gasteiger partial charge in [0.15, 0.2) is 5.78 Å². The average Bonchev–Trinajstić information content (AvgIpc) is 3.16. The normalized spacial score (nSPS) is 14.7. The van der Waals surface area contributed by atoms with Gasteiger partial charge in [-0.15, -0.1) is 0 Å². The number of rotatable bonds is 6. The zero-order chi connectivity index (χ0) is 22.8. The molecule has 1 aliphatic rings. The Labute approximate surface area is 194 Å². The lowest BCUT2D eigenvalue weighted by molar-refractivity contribution is 0.0911. The molecule has 4 aromatic rings. The first-order chi connectivity index (χ1) is 16.0. The van der Waals surface area contributed by atoms with Crippen LogP contribution >= 0.6 is 0 Å². The fourth-order valence-corrected chi connectivity index (χ4v) is 4.76. The van der Waals surface area contributed by atoms with Gasteiger partial charge in [-0.05, 0) is 52.8 Å². The first-order valence-electron chi connectivity index (χ1n) is 11.4. The molecule has 4 heteroatoms. The minimum atomic E-state index is -0.0348. The Kier molecular flexibility index (Phi) is 5.59. The molecule has 0 unspecified atom stereocenters. The molecule has 0 atom stereocenters. The number of carbonyl (C=O) groups excluding carboxylic acids is 1. The Morgan fingerprint density at radius 1 is 0.939 bits per heavy atom. The topological polar surface area (TPSA) is 55.0 Å². The van der Waals surface area contributed by atoms with Crippen LogP contribution in [0.15, 0.2) is 79.1 Å². The van der Waals surface area contributed by atoms with Crippen molar-refractivity contribution in [1.29, 1.82) is 0 Å². The molecule has 2 aromatic heterocycles. The maximum absolute atomic E-state index is 13.2. The average molecular weight is 437 g/mol. The predicted molar refractivity (Wildman–Crippen MR) is 130 cm³/mol. The highest BCUT2D eigenvalue weighted by molar-refractivity contribution is 6.02. The van der Waals surface area contributed by atoms with E-state index < -0.39 is 0 Å². The van der Waals surface area contributed by atoms with Crippen molar-refractivity contribution in [3.05, 3.63) is 107 Å². The van der Waals surface area contributed by atoms with Gasteiger partial charge in [-0.1, -0.05) is 56.3 Å². The van der Waals surface area contributed by atoms with Gasteiger partial charge in [0.25, 0.3) is 0 Å². The van der Waals surface area contributed by atoms with Crippen molar-refractivity contribution in [2.75, 3.05) is 0 Å². The monoisotopic (exact) mass is 436 g/mol. The Morgan fingerprint density at radius 2 is 1.70 bits per heavy atom. The zero-order valence-corrected chi connectivity index (χ0v) is 19.1. The SMILES string of the molecule is CC1(C)CC(=O)c2c([nH]c(-c3ccncc3)c2Cc2cccc(OCc3ccccc3)c2)C1. The van der Waals surface area contributed by atoms with Gasteiger partial charge in [0.05, 0.1) is 5.69 Å². The van der Waals surface area contributed by atoms with Crippen molar-refractivity contribution >= 4 is 5.78 Å². The number of fused-ring (bicyclic) bond motifs is 1. The summed E-state index contributed by atoms with van der Waals surface area (Å²) in [6.07, 6.45) is 5.69. The molecule has 0 spiro atoms. The lowest BCUT2D eigenvalue weighted by Crippen LogP contribution is -2.27. The van der Waals surface area contributed by atoms with Crippen LogP contribution in [0.4, 0.5) is 0 Å². The summed E-state index contributed by atoms with van der Waals surface area (Å²) in [6, 6.07) is 22.3. The van der Waals surface area contributed by atoms with E-state index in [1.807, 2.05) is 42.5 Å². The van der Waals surface area contributed by atoms with E-state index in [9.17, 15) is 4.79 Å². The second-order valence-corrected chi connectivity index (χ2v) is 9.61. The highest BCUT2D eigenvalue weighted by atomic mass is 16.5. The number of hydrogen-bond donors (Lipinski definition) is 1. The fourth-order valence-electron chi connectivity index (χ4n) is 4.76. The highest BCUT2D eigenvalue weighted by Crippen LogP contribution is 2.40. The quantitative estimate of drug-likeness (QED) is 0.380. The molecule has 1 N–H and O–H groups in total. The van der Waals surface area contributed by atoms with Gasteiger partial charge in [-0.2, -0.15) is 0 Å². The van der Waals surface area contributed by atoms with Crippen LogP contribution in [0.5, 0.6) is 5.75 Å². The second kappa shape index (κ2) is 8.70. The molecule has 33 heavy (non-hydrogen) atoms. The van der Waals surface area contributed by atoms with Crippen molar-refractivity contribution in [2.45, 2.75) is 39.7 Å². The molecular formula is C29H28N2O2. The summed E-state index contributed by atoms with van der Waals surface area (Å²) in [5.41, 5.74) is 7.28. The Hall–Kier alpha value is -3.66. The van der Waals surface area contributed by atoms with E-state index in [0.717, 1.165) is 51.4 Å². The van der Waals surface area contributed by atoms with Crippen molar-refractivity contribution < 1.29 is 9.53 Å². The molecule has 1 aliphatic carbocycles. The molecule has 2 heterocycles. The third kappa shape index (κ3) is 4.61. The number of ketones is 1. The van der Waals surface area contributed by atoms with Gasteiger partial charge in [-0.25, -0.2) is 0 Å². The largest absolute Gasteiger partial charge is 0.489 e. The summed E-state index contributed by atoms with van der Waals surface area (Å²) in [5, 5.41) is 0. The van der Waals surface area contributed by atoms with Gasteiger partial charge in [0.2, 0.25) is 0 Å². The maximum Gasteiger partial charge on any atom is 0.165 e. The van der Waals surface area contributed by atoms with Crippen LogP contribution in [0, 0.1) is 5.41 Å². The molecule has 166 valence electrons. The van der Waals surface area contributed by atoms with Gasteiger partial charge >= 0.3 is 0 Å². The summed E-state index contributed by atoms with van der Waals surface area (Å²) < 4.78 is 6.04. The molecule has 4 nitrogen and oxygen atoms in total. The molecule has 0 amide bonds. The van der Waals surface area contributed by atoms with Crippen LogP contribution in [-0.2, 0) is 19.4 Å². The molecule has 0 aliphatic heterocycles. The van der Waals surface area contributed by atoms with Crippen molar-refractivity contribution in [3.63, 3.8) is 0 Å². The van der Waals surface area contributed by atoms with Gasteiger partial charge in [-0.3, -0.25) is 9.78 Å². The third-order valence-corrected chi connectivity index (χ3v) is 6.25. The van der Waals surface area contributed by atoms with Crippen LogP contribution in [0.1, 0.15) is 53.0 Å². The van der Waals surface area contributed by atoms with Crippen LogP contribution < -0.4 is 4.74 Å². The standard InChI is InChI=1S/C29H28N2O2/c1-29(2)17-25-27(26(32)18-29)24(28(31-25)22-11-13-30-14-12-22)16-21-9-6-10-23(15-21)33-19-20-7-4-3-5-8-20/h3-15,31H,16-19H2,1-2H3. The van der Waals surface area contributed by atoms with E-state index in [0.29, 0.717) is 19.4 Å². The first kappa shape index (κ1) is 21.2. The van der Waals surface area contributed by atoms with Crippen LogP contribution in [0.3, 0.4) is 0 Å². The third-order valence-electron chi connectivity index (χ3n) is 6.25. The molecular weight excluding hydrogens is 408 g/mol. The number of ether oxygens (including phenoxy) is 1. The fraction of sp³-hybridized carbons (Fsp3) is 0.241. The summed E-state index contributed by atoms with van der Waals surface area (Å²) >= 11 is 0. The Morgan fingerprint density at radius 3 is 2.48 bits per heavy atom. The van der Waals surface area contributed by atoms with Crippen molar-refractivity contribution in [3.8, 4) is 17.0 Å². The molecule has 5 rings (SSSR count). The Bertz CT molecular complexity index is 1270. The van der Waals surface area contributed by atoms with Gasteiger partial charge in [0.1, 0.15) is 12.4 Å². The molecule has 0 saturated carbocycles. The predicted octanol–water partition coefficient (Wildman–Crippen LogP) is 6.40. The van der Waals surface area contributed by atoms with E-state index in [2.05, 4.69) is 48.1 Å². The second-order valence-electron chi connectivity index (χ2n) is 9.61. The number of nitrogens with zero attached hydrogens (tertiary/aromatic N) is 1. The number of pyridine rings is 1. The number of nitrogens with one attached hydrogen (secondary N) is 1. The van der Waals surface area contributed by atoms with E-state index >= 15 is 0 Å². The molecule has 0 fully saturated rings. The molecule has 0 bridgehead atoms. The maximum atomic E-state index is 13.2. The van der Waals surface area contributed by atoms with E-state index in [-0.39, 0.29) is 11.2 Å². The zero-order valence-electron chi connectivity index (χ0n) is 19.1. The first-order valence-corrected chi connectivity index (χ1v) is 11.4. The molecule has 2 aromatic carbocycles. The number of carbonyl (C=O) groups is 1. The summed E-state index contributed by atoms with van der Waals surface area (Å²) in [5.74, 6) is 1.06. The summed E-state index contributed by atoms with van der Waals surface area (Å²) in [4.78, 5) is 21.0. The Balaban J connectivity index is 1.48. The highest BCUT2D eigenvalue weighted by Gasteiger charge is 2.35. The van der Waals surface area contributed by atoms with Crippen LogP contribution in [0.2, 0.25) is 0 Å². The van der Waals surface area contributed by atoms with Crippen LogP contribution in [0.25, 0.3) is 11.3 Å². The van der Waals surface area contributed by atoms with Gasteiger partial charge in [0, 0.05) is 42.1 Å². The number of aromatic amines is 1. The number of H-pyrrole nitrogens is 1. The van der Waals surface area contributed by atoms with E-state index in [4.69, 9.17) is 4.74 Å². The minimum absolute atomic E-state index is 0.0348. The van der Waals surface area contributed by atoms with E-state index in [1.165, 1.54) is 0 Å². The lowest BCUT2D eigenvalue weighted by Gasteiger charge is -2.28. The number of benzene rings is 2. The minimum Gasteiger partial charge on any atom is -0.489 e. The summed E-state index contributed by atoms with van der Waals surface area (Å²) in [7, 11) is 0. The van der Waals surface area contributed by atoms with Crippen molar-refractivity contribution in [1.82, 2.24) is 9.97 Å². The smallest absolute Gasteiger partial charge is 0.165 e. The summed E-state index contributed by atoms with van der Waals surface area (Å²) in [6.45, 7) is 4.85. The number of hydrogen-bond acceptors (Lipinski definition) is 3. The van der Waals surface area contributed by atoms with Crippen LogP contribution in [-0.4, -0.2) is 15.8 Å². The lowest BCUT2D eigenvalue weighted by atomic mass is 9.75. The molecule has 0 saturated heterocycles. The van der Waals surface area contributed by atoms with Gasteiger partial charge < -0.3 is 9.72 Å². The number of Topliss-reactive ketones (excluding diaryl/α,β-unsaturated/α-hetero) is 1.